The van der Waals surface area contributed by atoms with E-state index in [1.807, 2.05) is 6.07 Å². The molecule has 0 bridgehead atoms. The average molecular weight is 366 g/mol. The van der Waals surface area contributed by atoms with Gasteiger partial charge in [0.15, 0.2) is 0 Å². The maximum Gasteiger partial charge on any atom is 0.274 e. The van der Waals surface area contributed by atoms with Gasteiger partial charge in [0, 0.05) is 18.8 Å². The van der Waals surface area contributed by atoms with E-state index in [1.165, 1.54) is 0 Å². The second-order valence-corrected chi connectivity index (χ2v) is 6.35. The number of amides is 1. The maximum absolute atomic E-state index is 12.2. The SMILES string of the molecule is O=C(Nc1ccc(Cl)c(Cl)c1)c1ccc(NCC2CCCO2)cn1. The lowest BCUT2D eigenvalue weighted by Gasteiger charge is -2.12. The van der Waals surface area contributed by atoms with Crippen molar-refractivity contribution in [2.75, 3.05) is 23.8 Å². The minimum absolute atomic E-state index is 0.252. The normalized spacial score (nSPS) is 16.8. The van der Waals surface area contributed by atoms with E-state index in [1.54, 1.807) is 30.5 Å². The summed E-state index contributed by atoms with van der Waals surface area (Å²) in [7, 11) is 0. The topological polar surface area (TPSA) is 63.2 Å². The van der Waals surface area contributed by atoms with Gasteiger partial charge in [0.2, 0.25) is 0 Å². The Balaban J connectivity index is 1.57. The van der Waals surface area contributed by atoms with Gasteiger partial charge in [-0.25, -0.2) is 4.98 Å². The van der Waals surface area contributed by atoms with Crippen LogP contribution in [0.4, 0.5) is 11.4 Å². The van der Waals surface area contributed by atoms with E-state index in [-0.39, 0.29) is 12.0 Å². The van der Waals surface area contributed by atoms with Gasteiger partial charge in [0.1, 0.15) is 5.69 Å². The molecule has 0 spiro atoms. The first-order valence-corrected chi connectivity index (χ1v) is 8.45. The van der Waals surface area contributed by atoms with Gasteiger partial charge < -0.3 is 15.4 Å². The summed E-state index contributed by atoms with van der Waals surface area (Å²) in [5, 5.41) is 6.83. The summed E-state index contributed by atoms with van der Waals surface area (Å²) in [6.45, 7) is 1.58. The molecule has 5 nitrogen and oxygen atoms in total. The van der Waals surface area contributed by atoms with E-state index < -0.39 is 0 Å². The van der Waals surface area contributed by atoms with Gasteiger partial charge in [-0.2, -0.15) is 0 Å². The fraction of sp³-hybridized carbons (Fsp3) is 0.294. The Hall–Kier alpha value is -1.82. The molecular weight excluding hydrogens is 349 g/mol. The molecule has 1 aromatic carbocycles. The van der Waals surface area contributed by atoms with Crippen LogP contribution in [0.15, 0.2) is 36.5 Å². The number of ether oxygens (including phenoxy) is 1. The molecule has 1 amide bonds. The van der Waals surface area contributed by atoms with E-state index in [0.29, 0.717) is 21.4 Å². The third kappa shape index (κ3) is 4.38. The smallest absolute Gasteiger partial charge is 0.274 e. The number of nitrogens with zero attached hydrogens (tertiary/aromatic N) is 1. The molecule has 7 heteroatoms. The van der Waals surface area contributed by atoms with Crippen molar-refractivity contribution < 1.29 is 9.53 Å². The number of anilines is 2. The number of aromatic nitrogens is 1. The minimum atomic E-state index is -0.306. The molecule has 1 unspecified atom stereocenters. The number of carbonyl (C=O) groups excluding carboxylic acids is 1. The first-order chi connectivity index (χ1) is 11.6. The van der Waals surface area contributed by atoms with Crippen molar-refractivity contribution in [2.24, 2.45) is 0 Å². The molecule has 0 aliphatic carbocycles. The lowest BCUT2D eigenvalue weighted by molar-refractivity contribution is 0.102. The maximum atomic E-state index is 12.2. The molecule has 2 heterocycles. The summed E-state index contributed by atoms with van der Waals surface area (Å²) in [6, 6.07) is 8.41. The molecule has 1 aliphatic heterocycles. The molecule has 1 fully saturated rings. The molecule has 2 aromatic rings. The highest BCUT2D eigenvalue weighted by Gasteiger charge is 2.15. The highest BCUT2D eigenvalue weighted by atomic mass is 35.5. The Morgan fingerprint density at radius 3 is 2.71 bits per heavy atom. The summed E-state index contributed by atoms with van der Waals surface area (Å²) in [5.41, 5.74) is 1.75. The molecule has 2 N–H and O–H groups in total. The Morgan fingerprint density at radius 1 is 1.21 bits per heavy atom. The third-order valence-corrected chi connectivity index (χ3v) is 4.47. The van der Waals surface area contributed by atoms with E-state index in [2.05, 4.69) is 15.6 Å². The van der Waals surface area contributed by atoms with Gasteiger partial charge in [-0.15, -0.1) is 0 Å². The van der Waals surface area contributed by atoms with Crippen molar-refractivity contribution in [1.82, 2.24) is 4.98 Å². The molecule has 1 aliphatic rings. The van der Waals surface area contributed by atoms with Gasteiger partial charge in [-0.05, 0) is 43.2 Å². The van der Waals surface area contributed by atoms with Crippen molar-refractivity contribution in [1.29, 1.82) is 0 Å². The van der Waals surface area contributed by atoms with Crippen LogP contribution in [0.3, 0.4) is 0 Å². The molecule has 24 heavy (non-hydrogen) atoms. The standard InChI is InChI=1S/C17H17Cl2N3O2/c18-14-5-3-11(8-15(14)19)22-17(23)16-6-4-12(9-21-16)20-10-13-2-1-7-24-13/h3-6,8-9,13,20H,1-2,7,10H2,(H,22,23). The minimum Gasteiger partial charge on any atom is -0.381 e. The van der Waals surface area contributed by atoms with E-state index in [0.717, 1.165) is 31.7 Å². The van der Waals surface area contributed by atoms with E-state index >= 15 is 0 Å². The van der Waals surface area contributed by atoms with Gasteiger partial charge in [-0.3, -0.25) is 4.79 Å². The predicted octanol–water partition coefficient (Wildman–Crippen LogP) is 4.23. The number of rotatable bonds is 5. The highest BCUT2D eigenvalue weighted by molar-refractivity contribution is 6.42. The van der Waals surface area contributed by atoms with Gasteiger partial charge in [-0.1, -0.05) is 23.2 Å². The first kappa shape index (κ1) is 17.0. The summed E-state index contributed by atoms with van der Waals surface area (Å²) >= 11 is 11.8. The third-order valence-electron chi connectivity index (χ3n) is 3.73. The van der Waals surface area contributed by atoms with E-state index in [9.17, 15) is 4.79 Å². The second-order valence-electron chi connectivity index (χ2n) is 5.53. The lowest BCUT2D eigenvalue weighted by atomic mass is 10.2. The Labute approximate surface area is 150 Å². The van der Waals surface area contributed by atoms with Gasteiger partial charge >= 0.3 is 0 Å². The zero-order valence-electron chi connectivity index (χ0n) is 12.9. The van der Waals surface area contributed by atoms with Crippen LogP contribution < -0.4 is 10.6 Å². The van der Waals surface area contributed by atoms with Crippen LogP contribution in [0.1, 0.15) is 23.3 Å². The Bertz CT molecular complexity index is 716. The molecule has 1 aromatic heterocycles. The molecule has 126 valence electrons. The van der Waals surface area contributed by atoms with Crippen molar-refractivity contribution >= 4 is 40.5 Å². The molecule has 3 rings (SSSR count). The lowest BCUT2D eigenvalue weighted by Crippen LogP contribution is -2.19. The van der Waals surface area contributed by atoms with Gasteiger partial charge in [0.25, 0.3) is 5.91 Å². The number of nitrogens with one attached hydrogen (secondary N) is 2. The summed E-state index contributed by atoms with van der Waals surface area (Å²) < 4.78 is 5.55. The predicted molar refractivity (Wildman–Crippen MR) is 96.1 cm³/mol. The number of benzene rings is 1. The van der Waals surface area contributed by atoms with Crippen LogP contribution >= 0.6 is 23.2 Å². The monoisotopic (exact) mass is 365 g/mol. The highest BCUT2D eigenvalue weighted by Crippen LogP contribution is 2.25. The van der Waals surface area contributed by atoms with Crippen LogP contribution in [-0.2, 0) is 4.74 Å². The molecule has 1 atom stereocenters. The largest absolute Gasteiger partial charge is 0.381 e. The van der Waals surface area contributed by atoms with Crippen LogP contribution in [0.2, 0.25) is 10.0 Å². The molecule has 0 radical (unpaired) electrons. The fourth-order valence-electron chi connectivity index (χ4n) is 2.44. The molecule has 1 saturated heterocycles. The van der Waals surface area contributed by atoms with Crippen LogP contribution in [-0.4, -0.2) is 30.1 Å². The van der Waals surface area contributed by atoms with Crippen molar-refractivity contribution in [3.8, 4) is 0 Å². The van der Waals surface area contributed by atoms with Crippen LogP contribution in [0.5, 0.6) is 0 Å². The van der Waals surface area contributed by atoms with Crippen molar-refractivity contribution in [2.45, 2.75) is 18.9 Å². The molecule has 0 saturated carbocycles. The molecular formula is C17H17Cl2N3O2. The van der Waals surface area contributed by atoms with Crippen LogP contribution in [0.25, 0.3) is 0 Å². The zero-order valence-corrected chi connectivity index (χ0v) is 14.4. The quantitative estimate of drug-likeness (QED) is 0.831. The number of hydrogen-bond acceptors (Lipinski definition) is 4. The zero-order chi connectivity index (χ0) is 16.9. The number of hydrogen-bond donors (Lipinski definition) is 2. The fourth-order valence-corrected chi connectivity index (χ4v) is 2.74. The van der Waals surface area contributed by atoms with E-state index in [4.69, 9.17) is 27.9 Å². The van der Waals surface area contributed by atoms with Crippen molar-refractivity contribution in [3.63, 3.8) is 0 Å². The number of pyridine rings is 1. The van der Waals surface area contributed by atoms with Gasteiger partial charge in [0.05, 0.1) is 28.0 Å². The van der Waals surface area contributed by atoms with Crippen LogP contribution in [0, 0.1) is 0 Å². The summed E-state index contributed by atoms with van der Waals surface area (Å²) in [5.74, 6) is -0.306. The Morgan fingerprint density at radius 2 is 2.04 bits per heavy atom. The summed E-state index contributed by atoms with van der Waals surface area (Å²) in [4.78, 5) is 16.4. The summed E-state index contributed by atoms with van der Waals surface area (Å²) in [6.07, 6.45) is 4.07. The van der Waals surface area contributed by atoms with Crippen molar-refractivity contribution in [3.05, 3.63) is 52.3 Å². The number of halogens is 2. The average Bonchev–Trinajstić information content (AvgIpc) is 3.10. The second kappa shape index (κ2) is 7.83. The Kier molecular flexibility index (Phi) is 5.56. The first-order valence-electron chi connectivity index (χ1n) is 7.70. The number of carbonyl (C=O) groups is 1.